The Morgan fingerprint density at radius 3 is 2.43 bits per heavy atom. The second kappa shape index (κ2) is 11.4. The molecule has 1 aromatic rings. The number of nitrogens with zero attached hydrogens (tertiary/aromatic N) is 2. The van der Waals surface area contributed by atoms with Crippen molar-refractivity contribution in [3.8, 4) is 0 Å². The molecule has 0 aliphatic carbocycles. The first-order valence-corrected chi connectivity index (χ1v) is 6.89. The second-order valence-electron chi connectivity index (χ2n) is 4.45. The summed E-state index contributed by atoms with van der Waals surface area (Å²) in [4.78, 5) is 6.50. The molecule has 1 saturated heterocycles. The Balaban J connectivity index is 0.00000128. The van der Waals surface area contributed by atoms with Crippen molar-refractivity contribution in [1.82, 2.24) is 0 Å². The van der Waals surface area contributed by atoms with Crippen LogP contribution in [0.15, 0.2) is 23.7 Å². The molecule has 0 atom stereocenters. The number of anilines is 2. The summed E-state index contributed by atoms with van der Waals surface area (Å²) in [5.41, 5.74) is 14.6. The van der Waals surface area contributed by atoms with E-state index in [1.165, 1.54) is 12.7 Å². The molecular weight excluding hydrogens is 287 g/mol. The molecule has 0 aromatic heterocycles. The van der Waals surface area contributed by atoms with Gasteiger partial charge in [0.2, 0.25) is 0 Å². The zero-order chi connectivity index (χ0) is 15.0. The van der Waals surface area contributed by atoms with E-state index >= 15 is 0 Å². The molecule has 0 radical (unpaired) electrons. The smallest absolute Gasteiger partial charge is 0.398 e. The average Bonchev–Trinajstić information content (AvgIpc) is 2.52. The van der Waals surface area contributed by atoms with Crippen LogP contribution in [0.1, 0.15) is 24.0 Å². The van der Waals surface area contributed by atoms with Gasteiger partial charge < -0.3 is 22.8 Å². The molecule has 1 aliphatic heterocycles. The number of hydrogen-bond donors (Lipinski definition) is 2. The van der Waals surface area contributed by atoms with Gasteiger partial charge in [-0.05, 0) is 31.8 Å². The van der Waals surface area contributed by atoms with Crippen molar-refractivity contribution in [1.29, 1.82) is 0 Å². The van der Waals surface area contributed by atoms with Crippen LogP contribution in [0.5, 0.6) is 0 Å². The van der Waals surface area contributed by atoms with E-state index in [1.807, 2.05) is 12.3 Å². The molecule has 5 heteroatoms. The standard InChI is InChI=1S/C15H20N3.CH5N.K/c1-3-12-7-8-14(13(11-17-2)15(12)16)18-9-5-4-6-10-18;1-2;/h3-4,7-8,11H,1,5-6,9-10,16H2,2H3;2H2,1H3;/q-1;;+1. The fourth-order valence-electron chi connectivity index (χ4n) is 2.35. The Hall–Kier alpha value is -0.174. The summed E-state index contributed by atoms with van der Waals surface area (Å²) >= 11 is 0. The summed E-state index contributed by atoms with van der Waals surface area (Å²) in [5, 5.41) is 0. The van der Waals surface area contributed by atoms with Gasteiger partial charge in [0.05, 0.1) is 0 Å². The topological polar surface area (TPSA) is 67.6 Å². The normalized spacial score (nSPS) is 14.1. The maximum absolute atomic E-state index is 6.19. The number of nitrogen functional groups attached to an aromatic ring is 1. The van der Waals surface area contributed by atoms with E-state index in [1.54, 1.807) is 13.1 Å². The van der Waals surface area contributed by atoms with Gasteiger partial charge in [0.15, 0.2) is 0 Å². The van der Waals surface area contributed by atoms with Crippen LogP contribution in [-0.4, -0.2) is 33.4 Å². The number of aliphatic imine (C=N–C) groups is 1. The van der Waals surface area contributed by atoms with E-state index in [2.05, 4.69) is 34.7 Å². The third-order valence-electron chi connectivity index (χ3n) is 3.32. The molecule has 1 aliphatic rings. The van der Waals surface area contributed by atoms with Gasteiger partial charge in [0.25, 0.3) is 0 Å². The van der Waals surface area contributed by atoms with Crippen molar-refractivity contribution >= 4 is 23.7 Å². The average molecular weight is 313 g/mol. The van der Waals surface area contributed by atoms with Crippen molar-refractivity contribution < 1.29 is 51.4 Å². The van der Waals surface area contributed by atoms with Gasteiger partial charge in [-0.3, -0.25) is 4.99 Å². The van der Waals surface area contributed by atoms with Crippen LogP contribution < -0.4 is 67.8 Å². The summed E-state index contributed by atoms with van der Waals surface area (Å²) < 4.78 is 0. The summed E-state index contributed by atoms with van der Waals surface area (Å²) in [6, 6.07) is 4.15. The molecule has 4 nitrogen and oxygen atoms in total. The van der Waals surface area contributed by atoms with E-state index in [0.717, 1.165) is 42.7 Å². The second-order valence-corrected chi connectivity index (χ2v) is 4.45. The van der Waals surface area contributed by atoms with Gasteiger partial charge in [-0.15, -0.1) is 0 Å². The first-order chi connectivity index (χ1) is 9.77. The molecule has 1 fully saturated rings. The largest absolute Gasteiger partial charge is 1.00 e. The number of benzene rings is 1. The molecule has 0 unspecified atom stereocenters. The Morgan fingerprint density at radius 1 is 1.29 bits per heavy atom. The molecule has 1 heterocycles. The molecule has 1 aromatic carbocycles. The van der Waals surface area contributed by atoms with Gasteiger partial charge in [0, 0.05) is 30.2 Å². The predicted molar refractivity (Wildman–Crippen MR) is 90.3 cm³/mol. The zero-order valence-corrected chi connectivity index (χ0v) is 16.6. The minimum absolute atomic E-state index is 0. The van der Waals surface area contributed by atoms with Gasteiger partial charge in [-0.25, -0.2) is 0 Å². The van der Waals surface area contributed by atoms with Crippen molar-refractivity contribution in [3.63, 3.8) is 0 Å². The van der Waals surface area contributed by atoms with Gasteiger partial charge in [-0.2, -0.15) is 12.8 Å². The van der Waals surface area contributed by atoms with Crippen LogP contribution in [0.2, 0.25) is 0 Å². The fourth-order valence-corrected chi connectivity index (χ4v) is 2.35. The van der Waals surface area contributed by atoms with Crippen LogP contribution >= 0.6 is 0 Å². The number of piperidine rings is 1. The zero-order valence-electron chi connectivity index (χ0n) is 13.5. The van der Waals surface area contributed by atoms with Crippen molar-refractivity contribution in [2.45, 2.75) is 12.8 Å². The van der Waals surface area contributed by atoms with E-state index in [-0.39, 0.29) is 51.4 Å². The maximum atomic E-state index is 6.19. The molecule has 0 bridgehead atoms. The molecule has 0 amide bonds. The van der Waals surface area contributed by atoms with E-state index < -0.39 is 0 Å². The molecule has 0 saturated carbocycles. The van der Waals surface area contributed by atoms with Gasteiger partial charge >= 0.3 is 51.4 Å². The third kappa shape index (κ3) is 5.51. The Kier molecular flexibility index (Phi) is 11.3. The molecule has 110 valence electrons. The molecular formula is C16H25KN4. The Morgan fingerprint density at radius 2 is 1.90 bits per heavy atom. The Labute approximate surface area is 171 Å². The quantitative estimate of drug-likeness (QED) is 0.337. The van der Waals surface area contributed by atoms with E-state index in [9.17, 15) is 0 Å². The SMILES string of the molecule is C=Cc1ccc(N2CC[CH-]CC2)c(C=NC)c1N.CN.[K+]. The van der Waals surface area contributed by atoms with Crippen LogP contribution in [-0.2, 0) is 0 Å². The monoisotopic (exact) mass is 312 g/mol. The summed E-state index contributed by atoms with van der Waals surface area (Å²) in [6.07, 6.45) is 8.23. The summed E-state index contributed by atoms with van der Waals surface area (Å²) in [5.74, 6) is 0. The summed E-state index contributed by atoms with van der Waals surface area (Å²) in [6.45, 7) is 5.90. The minimum Gasteiger partial charge on any atom is -0.398 e. The van der Waals surface area contributed by atoms with Crippen molar-refractivity contribution in [2.24, 2.45) is 10.7 Å². The molecule has 2 rings (SSSR count). The molecule has 4 N–H and O–H groups in total. The minimum atomic E-state index is 0. The van der Waals surface area contributed by atoms with Crippen molar-refractivity contribution in [3.05, 3.63) is 36.3 Å². The van der Waals surface area contributed by atoms with Gasteiger partial charge in [0.1, 0.15) is 0 Å². The Bertz CT molecular complexity index is 466. The first-order valence-electron chi connectivity index (χ1n) is 6.89. The van der Waals surface area contributed by atoms with Gasteiger partial charge in [-0.1, -0.05) is 18.7 Å². The third-order valence-corrected chi connectivity index (χ3v) is 3.32. The molecule has 0 spiro atoms. The first kappa shape index (κ1) is 20.8. The number of rotatable bonds is 3. The fraction of sp³-hybridized carbons (Fsp3) is 0.375. The maximum Gasteiger partial charge on any atom is 1.00 e. The van der Waals surface area contributed by atoms with Crippen LogP contribution in [0.3, 0.4) is 0 Å². The predicted octanol–water partition coefficient (Wildman–Crippen LogP) is -0.656. The van der Waals surface area contributed by atoms with E-state index in [4.69, 9.17) is 5.73 Å². The van der Waals surface area contributed by atoms with E-state index in [0.29, 0.717) is 0 Å². The van der Waals surface area contributed by atoms with Crippen LogP contribution in [0.4, 0.5) is 11.4 Å². The number of nitrogens with two attached hydrogens (primary N) is 2. The summed E-state index contributed by atoms with van der Waals surface area (Å²) in [7, 11) is 3.27. The van der Waals surface area contributed by atoms with Crippen molar-refractivity contribution in [2.75, 3.05) is 37.8 Å². The van der Waals surface area contributed by atoms with Crippen LogP contribution in [0, 0.1) is 6.42 Å². The van der Waals surface area contributed by atoms with Crippen LogP contribution in [0.25, 0.3) is 6.08 Å². The molecule has 21 heavy (non-hydrogen) atoms. The number of hydrogen-bond acceptors (Lipinski definition) is 4.